The van der Waals surface area contributed by atoms with E-state index in [9.17, 15) is 4.79 Å². The summed E-state index contributed by atoms with van der Waals surface area (Å²) in [6.45, 7) is 0. The zero-order valence-electron chi connectivity index (χ0n) is 7.41. The summed E-state index contributed by atoms with van der Waals surface area (Å²) in [5.41, 5.74) is 1.65. The Kier molecular flexibility index (Phi) is 3.71. The molecule has 0 saturated heterocycles. The first-order valence-electron chi connectivity index (χ1n) is 3.91. The maximum absolute atomic E-state index is 11.3. The fourth-order valence-electron chi connectivity index (χ4n) is 1.12. The van der Waals surface area contributed by atoms with Crippen molar-refractivity contribution in [1.82, 2.24) is 0 Å². The molecule has 0 saturated carbocycles. The fraction of sp³-hybridized carbons (Fsp3) is 0.200. The number of benzene rings is 1. The van der Waals surface area contributed by atoms with Crippen molar-refractivity contribution >= 4 is 23.8 Å². The molecule has 0 aliphatic rings. The van der Waals surface area contributed by atoms with Gasteiger partial charge in [0.2, 0.25) is 5.78 Å². The number of rotatable bonds is 4. The Bertz CT molecular complexity index is 322. The van der Waals surface area contributed by atoms with Crippen LogP contribution < -0.4 is 0 Å². The summed E-state index contributed by atoms with van der Waals surface area (Å²) < 4.78 is 0. The first-order valence-corrected chi connectivity index (χ1v) is 5.30. The summed E-state index contributed by atoms with van der Waals surface area (Å²) in [5, 5.41) is 6.89. The van der Waals surface area contributed by atoms with Crippen LogP contribution in [0.4, 0.5) is 0 Å². The Labute approximate surface area is 81.9 Å². The third-order valence-electron chi connectivity index (χ3n) is 1.71. The highest BCUT2D eigenvalue weighted by Crippen LogP contribution is 2.14. The van der Waals surface area contributed by atoms with Crippen molar-refractivity contribution in [3.05, 3.63) is 35.4 Å². The molecule has 13 heavy (non-hydrogen) atoms. The van der Waals surface area contributed by atoms with Gasteiger partial charge in [-0.3, -0.25) is 4.79 Å². The Morgan fingerprint density at radius 3 is 2.85 bits per heavy atom. The second kappa shape index (κ2) is 4.82. The average Bonchev–Trinajstić information content (AvgIpc) is 2.18. The molecule has 1 rings (SSSR count). The molecule has 0 aromatic heterocycles. The number of ketones is 1. The van der Waals surface area contributed by atoms with Crippen LogP contribution in [0.2, 0.25) is 0 Å². The lowest BCUT2D eigenvalue weighted by molar-refractivity contribution is 0.106. The Balaban J connectivity index is 3.03. The lowest BCUT2D eigenvalue weighted by Crippen LogP contribution is -2.03. The summed E-state index contributed by atoms with van der Waals surface area (Å²) in [6, 6.07) is 7.42. The standard InChI is InChI=1S/C10H11NOS/c1-13-7-8-4-2-3-5-9(8)10(12)6-11/h2-6,11H,7H2,1H3. The minimum atomic E-state index is -0.218. The van der Waals surface area contributed by atoms with Crippen LogP contribution in [0.5, 0.6) is 0 Å². The number of nitrogens with one attached hydrogen (secondary N) is 1. The summed E-state index contributed by atoms with van der Waals surface area (Å²) in [4.78, 5) is 11.3. The summed E-state index contributed by atoms with van der Waals surface area (Å²) in [5.74, 6) is 0.597. The van der Waals surface area contributed by atoms with Gasteiger partial charge in [0, 0.05) is 11.3 Å². The first kappa shape index (κ1) is 9.99. The van der Waals surface area contributed by atoms with E-state index in [4.69, 9.17) is 5.41 Å². The summed E-state index contributed by atoms with van der Waals surface area (Å²) in [7, 11) is 0. The Morgan fingerprint density at radius 1 is 1.54 bits per heavy atom. The number of carbonyl (C=O) groups is 1. The van der Waals surface area contributed by atoms with E-state index in [2.05, 4.69) is 0 Å². The lowest BCUT2D eigenvalue weighted by atomic mass is 10.1. The third kappa shape index (κ3) is 2.42. The van der Waals surface area contributed by atoms with Gasteiger partial charge in [-0.05, 0) is 11.8 Å². The van der Waals surface area contributed by atoms with Crippen LogP contribution in [0.1, 0.15) is 15.9 Å². The molecule has 1 aromatic carbocycles. The molecule has 0 bridgehead atoms. The van der Waals surface area contributed by atoms with Crippen LogP contribution in [0, 0.1) is 5.41 Å². The molecule has 0 unspecified atom stereocenters. The van der Waals surface area contributed by atoms with Crippen molar-refractivity contribution in [1.29, 1.82) is 5.41 Å². The monoisotopic (exact) mass is 193 g/mol. The molecule has 0 heterocycles. The molecular formula is C10H11NOS. The van der Waals surface area contributed by atoms with Gasteiger partial charge in [-0.15, -0.1) is 0 Å². The molecule has 0 fully saturated rings. The second-order valence-corrected chi connectivity index (χ2v) is 3.46. The van der Waals surface area contributed by atoms with Crippen molar-refractivity contribution in [2.75, 3.05) is 6.26 Å². The van der Waals surface area contributed by atoms with Crippen molar-refractivity contribution in [3.8, 4) is 0 Å². The topological polar surface area (TPSA) is 40.9 Å². The number of hydrogen-bond acceptors (Lipinski definition) is 3. The lowest BCUT2D eigenvalue weighted by Gasteiger charge is -2.03. The van der Waals surface area contributed by atoms with Gasteiger partial charge in [0.1, 0.15) is 0 Å². The van der Waals surface area contributed by atoms with Gasteiger partial charge in [0.15, 0.2) is 0 Å². The van der Waals surface area contributed by atoms with E-state index in [1.807, 2.05) is 24.5 Å². The van der Waals surface area contributed by atoms with Crippen molar-refractivity contribution in [3.63, 3.8) is 0 Å². The van der Waals surface area contributed by atoms with E-state index in [0.717, 1.165) is 17.5 Å². The van der Waals surface area contributed by atoms with Crippen LogP contribution in [0.15, 0.2) is 24.3 Å². The molecule has 0 radical (unpaired) electrons. The predicted molar refractivity (Wildman–Crippen MR) is 56.8 cm³/mol. The van der Waals surface area contributed by atoms with Crippen LogP contribution in [-0.2, 0) is 5.75 Å². The molecule has 0 amide bonds. The second-order valence-electron chi connectivity index (χ2n) is 2.60. The first-order chi connectivity index (χ1) is 6.29. The molecule has 0 aliphatic carbocycles. The highest BCUT2D eigenvalue weighted by atomic mass is 32.2. The fourth-order valence-corrected chi connectivity index (χ4v) is 1.68. The number of Topliss-reactive ketones (excluding diaryl/α,β-unsaturated/α-hetero) is 1. The highest BCUT2D eigenvalue weighted by molar-refractivity contribution is 7.97. The van der Waals surface area contributed by atoms with Gasteiger partial charge in [-0.25, -0.2) is 0 Å². The quantitative estimate of drug-likeness (QED) is 0.589. The SMILES string of the molecule is CSCc1ccccc1C(=O)C=N. The maximum atomic E-state index is 11.3. The normalized spacial score (nSPS) is 9.62. The smallest absolute Gasteiger partial charge is 0.203 e. The average molecular weight is 193 g/mol. The molecule has 1 N–H and O–H groups in total. The summed E-state index contributed by atoms with van der Waals surface area (Å²) >= 11 is 1.67. The number of thioether (sulfide) groups is 1. The molecular weight excluding hydrogens is 182 g/mol. The molecule has 2 nitrogen and oxygen atoms in total. The minimum Gasteiger partial charge on any atom is -0.305 e. The van der Waals surface area contributed by atoms with Crippen LogP contribution in [0.25, 0.3) is 0 Å². The molecule has 3 heteroatoms. The van der Waals surface area contributed by atoms with Gasteiger partial charge in [0.05, 0.1) is 6.21 Å². The molecule has 68 valence electrons. The van der Waals surface area contributed by atoms with Gasteiger partial charge in [-0.2, -0.15) is 11.8 Å². The highest BCUT2D eigenvalue weighted by Gasteiger charge is 2.06. The summed E-state index contributed by atoms with van der Waals surface area (Å²) in [6.07, 6.45) is 2.85. The number of carbonyl (C=O) groups excluding carboxylic acids is 1. The Morgan fingerprint density at radius 2 is 2.23 bits per heavy atom. The van der Waals surface area contributed by atoms with E-state index in [1.54, 1.807) is 17.8 Å². The van der Waals surface area contributed by atoms with Gasteiger partial charge >= 0.3 is 0 Å². The zero-order chi connectivity index (χ0) is 9.68. The van der Waals surface area contributed by atoms with E-state index in [0.29, 0.717) is 5.56 Å². The number of hydrogen-bond donors (Lipinski definition) is 1. The Hall–Kier alpha value is -1.09. The van der Waals surface area contributed by atoms with Gasteiger partial charge in [0.25, 0.3) is 0 Å². The van der Waals surface area contributed by atoms with E-state index in [-0.39, 0.29) is 5.78 Å². The van der Waals surface area contributed by atoms with E-state index < -0.39 is 0 Å². The molecule has 0 atom stereocenters. The molecule has 0 aliphatic heterocycles. The van der Waals surface area contributed by atoms with Gasteiger partial charge < -0.3 is 5.41 Å². The minimum absolute atomic E-state index is 0.218. The largest absolute Gasteiger partial charge is 0.305 e. The van der Waals surface area contributed by atoms with E-state index >= 15 is 0 Å². The van der Waals surface area contributed by atoms with Gasteiger partial charge in [-0.1, -0.05) is 24.3 Å². The molecule has 0 spiro atoms. The van der Waals surface area contributed by atoms with Crippen LogP contribution >= 0.6 is 11.8 Å². The molecule has 1 aromatic rings. The third-order valence-corrected chi connectivity index (χ3v) is 2.31. The van der Waals surface area contributed by atoms with Crippen molar-refractivity contribution in [2.24, 2.45) is 0 Å². The van der Waals surface area contributed by atoms with Crippen molar-refractivity contribution in [2.45, 2.75) is 5.75 Å². The van der Waals surface area contributed by atoms with Crippen molar-refractivity contribution < 1.29 is 4.79 Å². The van der Waals surface area contributed by atoms with E-state index in [1.165, 1.54) is 0 Å². The van der Waals surface area contributed by atoms with Crippen LogP contribution in [0.3, 0.4) is 0 Å². The maximum Gasteiger partial charge on any atom is 0.203 e. The predicted octanol–water partition coefficient (Wildman–Crippen LogP) is 2.38. The zero-order valence-corrected chi connectivity index (χ0v) is 8.23. The van der Waals surface area contributed by atoms with Crippen LogP contribution in [-0.4, -0.2) is 18.3 Å².